The van der Waals surface area contributed by atoms with Crippen LogP contribution in [0.3, 0.4) is 0 Å². The lowest BCUT2D eigenvalue weighted by Crippen LogP contribution is -2.54. The smallest absolute Gasteiger partial charge is 0.239 e. The van der Waals surface area contributed by atoms with Crippen molar-refractivity contribution >= 4 is 17.7 Å². The molecule has 1 saturated heterocycles. The highest BCUT2D eigenvalue weighted by molar-refractivity contribution is 7.99. The van der Waals surface area contributed by atoms with Crippen molar-refractivity contribution in [2.75, 3.05) is 12.8 Å². The largest absolute Gasteiger partial charge is 0.338 e. The first kappa shape index (κ1) is 12.8. The SMILES string of the molecule is CSC1CCC(N2CCCC(NC3CC3)C2=O)C1. The molecular formula is C14H24N2OS. The Hall–Kier alpha value is -0.220. The number of rotatable bonds is 4. The van der Waals surface area contributed by atoms with Crippen molar-refractivity contribution in [1.82, 2.24) is 10.2 Å². The molecule has 1 aliphatic heterocycles. The molecule has 1 heterocycles. The zero-order chi connectivity index (χ0) is 12.5. The zero-order valence-electron chi connectivity index (χ0n) is 11.2. The standard InChI is InChI=1S/C14H24N2OS/c1-18-12-7-6-11(9-12)16-8-2-3-13(14(16)17)15-10-4-5-10/h10-13,15H,2-9H2,1H3. The predicted molar refractivity (Wildman–Crippen MR) is 75.8 cm³/mol. The van der Waals surface area contributed by atoms with E-state index in [-0.39, 0.29) is 6.04 Å². The summed E-state index contributed by atoms with van der Waals surface area (Å²) in [5.41, 5.74) is 0. The number of nitrogens with one attached hydrogen (secondary N) is 1. The zero-order valence-corrected chi connectivity index (χ0v) is 12.0. The predicted octanol–water partition coefficient (Wildman–Crippen LogP) is 2.01. The third-order valence-corrected chi connectivity index (χ3v) is 5.71. The molecule has 3 rings (SSSR count). The lowest BCUT2D eigenvalue weighted by atomic mass is 10.0. The van der Waals surface area contributed by atoms with Gasteiger partial charge in [0.15, 0.2) is 0 Å². The van der Waals surface area contributed by atoms with Gasteiger partial charge >= 0.3 is 0 Å². The monoisotopic (exact) mass is 268 g/mol. The number of amides is 1. The molecule has 0 aromatic carbocycles. The van der Waals surface area contributed by atoms with E-state index in [4.69, 9.17) is 0 Å². The molecule has 18 heavy (non-hydrogen) atoms. The van der Waals surface area contributed by atoms with Crippen molar-refractivity contribution in [2.45, 2.75) is 68.3 Å². The summed E-state index contributed by atoms with van der Waals surface area (Å²) in [5, 5.41) is 4.30. The van der Waals surface area contributed by atoms with Crippen LogP contribution in [-0.2, 0) is 4.79 Å². The fraction of sp³-hybridized carbons (Fsp3) is 0.929. The van der Waals surface area contributed by atoms with Gasteiger partial charge in [0.1, 0.15) is 0 Å². The van der Waals surface area contributed by atoms with Gasteiger partial charge in [-0.3, -0.25) is 4.79 Å². The van der Waals surface area contributed by atoms with Crippen molar-refractivity contribution in [3.8, 4) is 0 Å². The Labute approximate surface area is 114 Å². The highest BCUT2D eigenvalue weighted by atomic mass is 32.2. The first-order valence-electron chi connectivity index (χ1n) is 7.37. The minimum Gasteiger partial charge on any atom is -0.338 e. The lowest BCUT2D eigenvalue weighted by molar-refractivity contribution is -0.138. The van der Waals surface area contributed by atoms with Gasteiger partial charge in [-0.1, -0.05) is 0 Å². The first-order valence-corrected chi connectivity index (χ1v) is 8.66. The molecule has 102 valence electrons. The fourth-order valence-corrected chi connectivity index (χ4v) is 4.15. The van der Waals surface area contributed by atoms with E-state index >= 15 is 0 Å². The molecule has 3 fully saturated rings. The van der Waals surface area contributed by atoms with Crippen LogP contribution in [0.1, 0.15) is 44.9 Å². The van der Waals surface area contributed by atoms with Crippen LogP contribution in [0.2, 0.25) is 0 Å². The number of nitrogens with zero attached hydrogens (tertiary/aromatic N) is 1. The molecule has 3 aliphatic rings. The summed E-state index contributed by atoms with van der Waals surface area (Å²) in [6.45, 7) is 0.993. The maximum absolute atomic E-state index is 12.5. The summed E-state index contributed by atoms with van der Waals surface area (Å²) < 4.78 is 0. The third-order valence-electron chi connectivity index (χ3n) is 4.62. The van der Waals surface area contributed by atoms with Gasteiger partial charge in [0.05, 0.1) is 6.04 Å². The van der Waals surface area contributed by atoms with Crippen LogP contribution < -0.4 is 5.32 Å². The molecule has 0 aromatic rings. The Morgan fingerprint density at radius 1 is 1.22 bits per heavy atom. The number of hydrogen-bond donors (Lipinski definition) is 1. The Morgan fingerprint density at radius 3 is 2.72 bits per heavy atom. The number of piperidine rings is 1. The van der Waals surface area contributed by atoms with Crippen LogP contribution in [0.25, 0.3) is 0 Å². The van der Waals surface area contributed by atoms with Gasteiger partial charge in [-0.05, 0) is 51.2 Å². The van der Waals surface area contributed by atoms with Gasteiger partial charge in [-0.15, -0.1) is 0 Å². The van der Waals surface area contributed by atoms with Gasteiger partial charge in [0, 0.05) is 23.9 Å². The van der Waals surface area contributed by atoms with Gasteiger partial charge in [-0.25, -0.2) is 0 Å². The molecule has 3 unspecified atom stereocenters. The minimum absolute atomic E-state index is 0.125. The highest BCUT2D eigenvalue weighted by Gasteiger charge is 2.38. The second-order valence-electron chi connectivity index (χ2n) is 5.99. The highest BCUT2D eigenvalue weighted by Crippen LogP contribution is 2.33. The number of carbonyl (C=O) groups is 1. The van der Waals surface area contributed by atoms with Crippen LogP contribution in [-0.4, -0.2) is 47.0 Å². The molecule has 2 aliphatic carbocycles. The molecule has 0 bridgehead atoms. The van der Waals surface area contributed by atoms with E-state index in [1.54, 1.807) is 0 Å². The Kier molecular flexibility index (Phi) is 3.85. The maximum atomic E-state index is 12.5. The fourth-order valence-electron chi connectivity index (χ4n) is 3.37. The van der Waals surface area contributed by atoms with Crippen LogP contribution >= 0.6 is 11.8 Å². The van der Waals surface area contributed by atoms with Crippen LogP contribution in [0.4, 0.5) is 0 Å². The van der Waals surface area contributed by atoms with E-state index in [9.17, 15) is 4.79 Å². The molecule has 1 amide bonds. The molecule has 1 N–H and O–H groups in total. The number of likely N-dealkylation sites (tertiary alicyclic amines) is 1. The molecule has 0 radical (unpaired) electrons. The van der Waals surface area contributed by atoms with Gasteiger partial charge in [0.25, 0.3) is 0 Å². The van der Waals surface area contributed by atoms with E-state index in [1.165, 1.54) is 38.5 Å². The van der Waals surface area contributed by atoms with E-state index in [0.717, 1.165) is 18.2 Å². The third kappa shape index (κ3) is 2.69. The Morgan fingerprint density at radius 2 is 2.06 bits per heavy atom. The van der Waals surface area contributed by atoms with E-state index in [0.29, 0.717) is 18.0 Å². The van der Waals surface area contributed by atoms with Crippen molar-refractivity contribution in [3.63, 3.8) is 0 Å². The maximum Gasteiger partial charge on any atom is 0.239 e. The number of hydrogen-bond acceptors (Lipinski definition) is 3. The molecule has 2 saturated carbocycles. The average Bonchev–Trinajstić information content (AvgIpc) is 3.07. The van der Waals surface area contributed by atoms with Crippen molar-refractivity contribution < 1.29 is 4.79 Å². The van der Waals surface area contributed by atoms with Crippen molar-refractivity contribution in [2.24, 2.45) is 0 Å². The van der Waals surface area contributed by atoms with Crippen LogP contribution in [0.15, 0.2) is 0 Å². The van der Waals surface area contributed by atoms with Gasteiger partial charge in [0.2, 0.25) is 5.91 Å². The average molecular weight is 268 g/mol. The Bertz CT molecular complexity index is 319. The van der Waals surface area contributed by atoms with E-state index < -0.39 is 0 Å². The second kappa shape index (κ2) is 5.41. The first-order chi connectivity index (χ1) is 8.78. The Balaban J connectivity index is 1.59. The number of carbonyl (C=O) groups excluding carboxylic acids is 1. The van der Waals surface area contributed by atoms with Crippen molar-refractivity contribution in [1.29, 1.82) is 0 Å². The van der Waals surface area contributed by atoms with E-state index in [1.807, 2.05) is 11.8 Å². The molecule has 0 aromatic heterocycles. The quantitative estimate of drug-likeness (QED) is 0.846. The van der Waals surface area contributed by atoms with E-state index in [2.05, 4.69) is 16.5 Å². The van der Waals surface area contributed by atoms with Crippen molar-refractivity contribution in [3.05, 3.63) is 0 Å². The lowest BCUT2D eigenvalue weighted by Gasteiger charge is -2.37. The molecular weight excluding hydrogens is 244 g/mol. The van der Waals surface area contributed by atoms with Crippen LogP contribution in [0, 0.1) is 0 Å². The van der Waals surface area contributed by atoms with Gasteiger partial charge in [-0.2, -0.15) is 11.8 Å². The topological polar surface area (TPSA) is 32.3 Å². The van der Waals surface area contributed by atoms with Gasteiger partial charge < -0.3 is 10.2 Å². The van der Waals surface area contributed by atoms with Crippen LogP contribution in [0.5, 0.6) is 0 Å². The molecule has 4 heteroatoms. The molecule has 0 spiro atoms. The second-order valence-corrected chi connectivity index (χ2v) is 7.13. The summed E-state index contributed by atoms with van der Waals surface area (Å²) in [5.74, 6) is 0.389. The summed E-state index contributed by atoms with van der Waals surface area (Å²) in [6.07, 6.45) is 10.7. The minimum atomic E-state index is 0.125. The number of thioether (sulfide) groups is 1. The normalized spacial score (nSPS) is 37.3. The summed E-state index contributed by atoms with van der Waals surface area (Å²) in [7, 11) is 0. The summed E-state index contributed by atoms with van der Waals surface area (Å²) >= 11 is 1.97. The molecule has 3 nitrogen and oxygen atoms in total. The summed E-state index contributed by atoms with van der Waals surface area (Å²) in [4.78, 5) is 14.7. The summed E-state index contributed by atoms with van der Waals surface area (Å²) in [6, 6.07) is 1.29. The molecule has 3 atom stereocenters.